The normalized spacial score (nSPS) is 10.2. The molecular weight excluding hydrogens is 372 g/mol. The summed E-state index contributed by atoms with van der Waals surface area (Å²) in [6, 6.07) is 10.8. The van der Waals surface area contributed by atoms with Gasteiger partial charge in [-0.05, 0) is 44.0 Å². The maximum Gasteiger partial charge on any atom is 0.342 e. The number of benzene rings is 2. The molecule has 0 saturated carbocycles. The molecule has 0 spiro atoms. The molecule has 0 fully saturated rings. The van der Waals surface area contributed by atoms with Crippen molar-refractivity contribution in [3.63, 3.8) is 0 Å². The molecule has 0 bridgehead atoms. The first-order valence-electron chi connectivity index (χ1n) is 9.14. The Balaban J connectivity index is 1.91. The summed E-state index contributed by atoms with van der Waals surface area (Å²) in [5.41, 5.74) is 3.72. The van der Waals surface area contributed by atoms with Crippen molar-refractivity contribution in [1.82, 2.24) is 4.90 Å². The molecular formula is C22H26N2O5. The first kappa shape index (κ1) is 21.9. The van der Waals surface area contributed by atoms with E-state index >= 15 is 0 Å². The van der Waals surface area contributed by atoms with E-state index in [9.17, 15) is 14.4 Å². The molecule has 1 N–H and O–H groups in total. The quantitative estimate of drug-likeness (QED) is 0.725. The largest absolute Gasteiger partial charge is 0.496 e. The maximum absolute atomic E-state index is 12.3. The number of ether oxygens (including phenoxy) is 2. The van der Waals surface area contributed by atoms with Crippen LogP contribution in [0.4, 0.5) is 5.69 Å². The molecule has 0 aliphatic heterocycles. The van der Waals surface area contributed by atoms with Crippen LogP contribution in [0.1, 0.15) is 27.0 Å². The minimum absolute atomic E-state index is 0.155. The number of carbonyl (C=O) groups is 3. The molecule has 2 amide bonds. The van der Waals surface area contributed by atoms with Gasteiger partial charge in [0.05, 0.1) is 13.7 Å². The topological polar surface area (TPSA) is 84.9 Å². The monoisotopic (exact) mass is 398 g/mol. The van der Waals surface area contributed by atoms with Gasteiger partial charge in [0.15, 0.2) is 6.61 Å². The summed E-state index contributed by atoms with van der Waals surface area (Å²) < 4.78 is 10.3. The number of anilines is 1. The summed E-state index contributed by atoms with van der Waals surface area (Å²) in [6.45, 7) is 5.01. The fraction of sp³-hybridized carbons (Fsp3) is 0.318. The predicted molar refractivity (Wildman–Crippen MR) is 110 cm³/mol. The van der Waals surface area contributed by atoms with Crippen molar-refractivity contribution >= 4 is 23.5 Å². The van der Waals surface area contributed by atoms with Crippen LogP contribution in [0.25, 0.3) is 0 Å². The summed E-state index contributed by atoms with van der Waals surface area (Å²) in [4.78, 5) is 38.0. The van der Waals surface area contributed by atoms with Gasteiger partial charge in [0.25, 0.3) is 5.91 Å². The van der Waals surface area contributed by atoms with Gasteiger partial charge in [0, 0.05) is 12.7 Å². The van der Waals surface area contributed by atoms with Crippen LogP contribution in [0.3, 0.4) is 0 Å². The molecule has 7 nitrogen and oxygen atoms in total. The van der Waals surface area contributed by atoms with E-state index in [0.717, 1.165) is 22.4 Å². The third kappa shape index (κ3) is 5.81. The number of esters is 1. The lowest BCUT2D eigenvalue weighted by atomic mass is 10.1. The van der Waals surface area contributed by atoms with E-state index in [4.69, 9.17) is 9.47 Å². The summed E-state index contributed by atoms with van der Waals surface area (Å²) >= 11 is 0. The Kier molecular flexibility index (Phi) is 7.36. The number of carbonyl (C=O) groups excluding carboxylic acids is 3. The molecule has 0 aromatic heterocycles. The van der Waals surface area contributed by atoms with E-state index in [1.54, 1.807) is 12.1 Å². The molecule has 7 heteroatoms. The number of aryl methyl sites for hydroxylation is 3. The maximum atomic E-state index is 12.3. The number of likely N-dealkylation sites (N-methyl/N-ethyl adjacent to an activating group) is 1. The Morgan fingerprint density at radius 3 is 2.31 bits per heavy atom. The Labute approximate surface area is 170 Å². The second kappa shape index (κ2) is 9.73. The first-order chi connectivity index (χ1) is 13.7. The van der Waals surface area contributed by atoms with Crippen LogP contribution in [-0.4, -0.2) is 50.0 Å². The average Bonchev–Trinajstić information content (AvgIpc) is 2.68. The third-order valence-electron chi connectivity index (χ3n) is 4.45. The van der Waals surface area contributed by atoms with Gasteiger partial charge in [-0.3, -0.25) is 9.59 Å². The summed E-state index contributed by atoms with van der Waals surface area (Å²) in [6.07, 6.45) is 0. The average molecular weight is 398 g/mol. The predicted octanol–water partition coefficient (Wildman–Crippen LogP) is 2.87. The lowest BCUT2D eigenvalue weighted by Crippen LogP contribution is -2.37. The number of para-hydroxylation sites is 1. The number of methoxy groups -OCH3 is 1. The van der Waals surface area contributed by atoms with Crippen LogP contribution in [0, 0.1) is 20.8 Å². The van der Waals surface area contributed by atoms with Crippen LogP contribution in [0.5, 0.6) is 5.75 Å². The lowest BCUT2D eigenvalue weighted by molar-refractivity contribution is -0.136. The summed E-state index contributed by atoms with van der Waals surface area (Å²) in [7, 11) is 2.93. The molecule has 0 unspecified atom stereocenters. The van der Waals surface area contributed by atoms with E-state index in [0.29, 0.717) is 5.75 Å². The van der Waals surface area contributed by atoms with E-state index < -0.39 is 18.5 Å². The molecule has 29 heavy (non-hydrogen) atoms. The van der Waals surface area contributed by atoms with E-state index in [-0.39, 0.29) is 18.0 Å². The Hall–Kier alpha value is -3.35. The molecule has 2 aromatic carbocycles. The highest BCUT2D eigenvalue weighted by atomic mass is 16.5. The fourth-order valence-electron chi connectivity index (χ4n) is 2.79. The highest BCUT2D eigenvalue weighted by Gasteiger charge is 2.19. The number of nitrogens with zero attached hydrogens (tertiary/aromatic N) is 1. The van der Waals surface area contributed by atoms with Crippen molar-refractivity contribution in [1.29, 1.82) is 0 Å². The fourth-order valence-corrected chi connectivity index (χ4v) is 2.79. The minimum atomic E-state index is -0.660. The highest BCUT2D eigenvalue weighted by molar-refractivity contribution is 5.97. The minimum Gasteiger partial charge on any atom is -0.496 e. The molecule has 0 heterocycles. The number of hydrogen-bond donors (Lipinski definition) is 1. The molecule has 0 atom stereocenters. The van der Waals surface area contributed by atoms with Crippen LogP contribution in [0.2, 0.25) is 0 Å². The Morgan fingerprint density at radius 2 is 1.69 bits per heavy atom. The molecule has 0 aliphatic carbocycles. The van der Waals surface area contributed by atoms with Crippen molar-refractivity contribution in [3.8, 4) is 5.75 Å². The number of rotatable bonds is 7. The Bertz CT molecular complexity index is 903. The second-order valence-corrected chi connectivity index (χ2v) is 6.84. The first-order valence-corrected chi connectivity index (χ1v) is 9.14. The van der Waals surface area contributed by atoms with Crippen molar-refractivity contribution in [2.45, 2.75) is 20.8 Å². The van der Waals surface area contributed by atoms with Gasteiger partial charge in [-0.1, -0.05) is 29.8 Å². The van der Waals surface area contributed by atoms with Gasteiger partial charge in [-0.25, -0.2) is 4.79 Å². The smallest absolute Gasteiger partial charge is 0.342 e. The standard InChI is InChI=1S/C22H26N2O5/c1-14-9-10-18(28-5)17(11-14)22(27)29-13-20(26)24(4)12-19(25)23-21-15(2)7-6-8-16(21)3/h6-11H,12-13H2,1-5H3,(H,23,25). The summed E-state index contributed by atoms with van der Waals surface area (Å²) in [5.74, 6) is -1.10. The molecule has 2 aromatic rings. The van der Waals surface area contributed by atoms with E-state index in [1.165, 1.54) is 19.1 Å². The van der Waals surface area contributed by atoms with E-state index in [1.807, 2.05) is 45.0 Å². The Morgan fingerprint density at radius 1 is 1.03 bits per heavy atom. The SMILES string of the molecule is COc1ccc(C)cc1C(=O)OCC(=O)N(C)CC(=O)Nc1c(C)cccc1C. The van der Waals surface area contributed by atoms with Gasteiger partial charge in [0.2, 0.25) is 5.91 Å². The second-order valence-electron chi connectivity index (χ2n) is 6.84. The molecule has 2 rings (SSSR count). The van der Waals surface area contributed by atoms with E-state index in [2.05, 4.69) is 5.32 Å². The zero-order valence-electron chi connectivity index (χ0n) is 17.4. The van der Waals surface area contributed by atoms with Gasteiger partial charge < -0.3 is 19.7 Å². The van der Waals surface area contributed by atoms with Crippen molar-refractivity contribution in [2.24, 2.45) is 0 Å². The van der Waals surface area contributed by atoms with Gasteiger partial charge in [0.1, 0.15) is 11.3 Å². The van der Waals surface area contributed by atoms with Crippen LogP contribution in [0.15, 0.2) is 36.4 Å². The van der Waals surface area contributed by atoms with Crippen molar-refractivity contribution in [3.05, 3.63) is 58.7 Å². The molecule has 0 saturated heterocycles. The van der Waals surface area contributed by atoms with Crippen LogP contribution in [-0.2, 0) is 14.3 Å². The highest BCUT2D eigenvalue weighted by Crippen LogP contribution is 2.21. The summed E-state index contributed by atoms with van der Waals surface area (Å²) in [5, 5.41) is 2.82. The zero-order chi connectivity index (χ0) is 21.6. The lowest BCUT2D eigenvalue weighted by Gasteiger charge is -2.18. The third-order valence-corrected chi connectivity index (χ3v) is 4.45. The van der Waals surface area contributed by atoms with Crippen molar-refractivity contribution in [2.75, 3.05) is 32.6 Å². The van der Waals surface area contributed by atoms with Gasteiger partial charge >= 0.3 is 5.97 Å². The zero-order valence-corrected chi connectivity index (χ0v) is 17.4. The van der Waals surface area contributed by atoms with Gasteiger partial charge in [-0.15, -0.1) is 0 Å². The van der Waals surface area contributed by atoms with Crippen molar-refractivity contribution < 1.29 is 23.9 Å². The molecule has 0 aliphatic rings. The molecule has 0 radical (unpaired) electrons. The van der Waals surface area contributed by atoms with Gasteiger partial charge in [-0.2, -0.15) is 0 Å². The van der Waals surface area contributed by atoms with Crippen LogP contribution >= 0.6 is 0 Å². The molecule has 154 valence electrons. The van der Waals surface area contributed by atoms with Crippen LogP contribution < -0.4 is 10.1 Å². The number of nitrogens with one attached hydrogen (secondary N) is 1. The number of hydrogen-bond acceptors (Lipinski definition) is 5. The number of amides is 2.